The number of hydrogen-bond acceptors (Lipinski definition) is 6. The number of para-hydroxylation sites is 2. The first-order chi connectivity index (χ1) is 17.5. The number of pyridine rings is 1. The molecule has 6 rings (SSSR count). The number of H-pyrrole nitrogens is 1. The van der Waals surface area contributed by atoms with Gasteiger partial charge in [0.1, 0.15) is 11.4 Å². The molecule has 3 heterocycles. The summed E-state index contributed by atoms with van der Waals surface area (Å²) in [5, 5.41) is 0.197. The van der Waals surface area contributed by atoms with Gasteiger partial charge in [-0.25, -0.2) is 19.2 Å². The maximum Gasteiger partial charge on any atom is 0.343 e. The molecule has 2 aromatic carbocycles. The monoisotopic (exact) mass is 488 g/mol. The summed E-state index contributed by atoms with van der Waals surface area (Å²) in [6, 6.07) is 11.0. The zero-order valence-corrected chi connectivity index (χ0v) is 19.8. The lowest BCUT2D eigenvalue weighted by Crippen LogP contribution is -2.46. The van der Waals surface area contributed by atoms with Crippen LogP contribution in [0.4, 0.5) is 16.0 Å². The molecule has 1 aliphatic heterocycles. The van der Waals surface area contributed by atoms with Crippen molar-refractivity contribution in [2.24, 2.45) is 4.99 Å². The van der Waals surface area contributed by atoms with Crippen LogP contribution in [-0.2, 0) is 4.74 Å². The first-order valence-corrected chi connectivity index (χ1v) is 12.0. The number of nitrogens with one attached hydrogen (secondary N) is 1. The van der Waals surface area contributed by atoms with Crippen LogP contribution in [0.1, 0.15) is 29.2 Å². The Hall–Kier alpha value is -4.21. The maximum absolute atomic E-state index is 15.3. The van der Waals surface area contributed by atoms with Crippen LogP contribution in [0.25, 0.3) is 21.9 Å². The second-order valence-electron chi connectivity index (χ2n) is 9.17. The van der Waals surface area contributed by atoms with Gasteiger partial charge in [0.15, 0.2) is 0 Å². The van der Waals surface area contributed by atoms with Gasteiger partial charge in [-0.2, -0.15) is 0 Å². The average Bonchev–Trinajstić information content (AvgIpc) is 3.66. The van der Waals surface area contributed by atoms with Crippen molar-refractivity contribution in [3.05, 3.63) is 64.2 Å². The number of methoxy groups -OCH3 is 1. The Bertz CT molecular complexity index is 1530. The standard InChI is InChI=1S/C26H25FN6O3/c1-36-25(35)18-14-33(16-6-7-16)22-13-23(19(27)12-17(22)24(18)34)32-10-8-31(9-11-32)15-28-26-29-20-4-2-3-5-21(20)30-26/h2-5,12-16H,6-11H2,1H3,(H,29,30). The highest BCUT2D eigenvalue weighted by atomic mass is 19.1. The van der Waals surface area contributed by atoms with Gasteiger partial charge in [-0.3, -0.25) is 4.79 Å². The minimum absolute atomic E-state index is 0.0681. The third kappa shape index (κ3) is 3.98. The third-order valence-electron chi connectivity index (χ3n) is 6.82. The molecule has 0 bridgehead atoms. The summed E-state index contributed by atoms with van der Waals surface area (Å²) < 4.78 is 21.9. The van der Waals surface area contributed by atoms with E-state index in [0.717, 1.165) is 23.9 Å². The first-order valence-electron chi connectivity index (χ1n) is 12.0. The quantitative estimate of drug-likeness (QED) is 0.262. The Kier molecular flexibility index (Phi) is 5.43. The Balaban J connectivity index is 1.24. The van der Waals surface area contributed by atoms with Crippen molar-refractivity contribution in [2.75, 3.05) is 38.2 Å². The van der Waals surface area contributed by atoms with Crippen molar-refractivity contribution >= 4 is 45.9 Å². The maximum atomic E-state index is 15.3. The van der Waals surface area contributed by atoms with Gasteiger partial charge >= 0.3 is 5.97 Å². The number of imidazole rings is 1. The summed E-state index contributed by atoms with van der Waals surface area (Å²) in [6.45, 7) is 2.53. The number of aromatic amines is 1. The fraction of sp³-hybridized carbons (Fsp3) is 0.308. The summed E-state index contributed by atoms with van der Waals surface area (Å²) in [4.78, 5) is 41.2. The predicted octanol–water partition coefficient (Wildman–Crippen LogP) is 3.62. The molecule has 2 aliphatic rings. The molecule has 1 saturated heterocycles. The van der Waals surface area contributed by atoms with E-state index in [2.05, 4.69) is 19.9 Å². The molecule has 2 aromatic heterocycles. The van der Waals surface area contributed by atoms with Crippen LogP contribution in [0.2, 0.25) is 0 Å². The molecule has 0 unspecified atom stereocenters. The van der Waals surface area contributed by atoms with Crippen molar-refractivity contribution in [1.82, 2.24) is 19.4 Å². The van der Waals surface area contributed by atoms with Gasteiger partial charge in [0, 0.05) is 43.8 Å². The summed E-state index contributed by atoms with van der Waals surface area (Å²) in [7, 11) is 1.23. The molecule has 0 atom stereocenters. The Morgan fingerprint density at radius 1 is 1.19 bits per heavy atom. The molecule has 2 fully saturated rings. The molecule has 1 saturated carbocycles. The Morgan fingerprint density at radius 2 is 1.97 bits per heavy atom. The smallest absolute Gasteiger partial charge is 0.343 e. The minimum Gasteiger partial charge on any atom is -0.465 e. The number of aromatic nitrogens is 3. The van der Waals surface area contributed by atoms with Crippen molar-refractivity contribution in [2.45, 2.75) is 18.9 Å². The zero-order chi connectivity index (χ0) is 24.8. The number of rotatable bonds is 5. The average molecular weight is 489 g/mol. The van der Waals surface area contributed by atoms with Gasteiger partial charge in [-0.05, 0) is 37.1 Å². The number of aliphatic imine (C=N–C) groups is 1. The number of nitrogens with zero attached hydrogens (tertiary/aromatic N) is 5. The normalized spacial score (nSPS) is 16.4. The van der Waals surface area contributed by atoms with Crippen LogP contribution in [0, 0.1) is 5.82 Å². The number of benzene rings is 2. The number of carbonyl (C=O) groups excluding carboxylic acids is 1. The number of halogens is 1. The number of esters is 1. The molecule has 0 amide bonds. The van der Waals surface area contributed by atoms with E-state index in [4.69, 9.17) is 4.74 Å². The van der Waals surface area contributed by atoms with Crippen LogP contribution in [0.15, 0.2) is 52.4 Å². The summed E-state index contributed by atoms with van der Waals surface area (Å²) in [5.74, 6) is -0.641. The predicted molar refractivity (Wildman–Crippen MR) is 136 cm³/mol. The highest BCUT2D eigenvalue weighted by Crippen LogP contribution is 2.38. The second-order valence-corrected chi connectivity index (χ2v) is 9.17. The van der Waals surface area contributed by atoms with Crippen LogP contribution < -0.4 is 10.3 Å². The van der Waals surface area contributed by atoms with Crippen molar-refractivity contribution < 1.29 is 13.9 Å². The number of fused-ring (bicyclic) bond motifs is 2. The van der Waals surface area contributed by atoms with Crippen molar-refractivity contribution in [1.29, 1.82) is 0 Å². The first kappa shape index (κ1) is 22.3. The van der Waals surface area contributed by atoms with Gasteiger partial charge in [0.2, 0.25) is 11.4 Å². The van der Waals surface area contributed by atoms with Gasteiger partial charge in [-0.15, -0.1) is 0 Å². The van der Waals surface area contributed by atoms with E-state index in [1.54, 1.807) is 18.6 Å². The van der Waals surface area contributed by atoms with Gasteiger partial charge < -0.3 is 24.1 Å². The van der Waals surface area contributed by atoms with Crippen molar-refractivity contribution in [3.8, 4) is 0 Å². The van der Waals surface area contributed by atoms with E-state index in [1.807, 2.05) is 33.7 Å². The number of hydrogen-bond donors (Lipinski definition) is 1. The number of carbonyl (C=O) groups is 1. The summed E-state index contributed by atoms with van der Waals surface area (Å²) >= 11 is 0. The molecule has 1 N–H and O–H groups in total. The fourth-order valence-corrected chi connectivity index (χ4v) is 4.73. The number of ether oxygens (including phenoxy) is 1. The van der Waals surface area contributed by atoms with Crippen molar-refractivity contribution in [3.63, 3.8) is 0 Å². The molecule has 9 nitrogen and oxygen atoms in total. The highest BCUT2D eigenvalue weighted by Gasteiger charge is 2.28. The molecule has 184 valence electrons. The molecule has 0 spiro atoms. The largest absolute Gasteiger partial charge is 0.465 e. The van der Waals surface area contributed by atoms with E-state index in [9.17, 15) is 9.59 Å². The van der Waals surface area contributed by atoms with E-state index >= 15 is 4.39 Å². The van der Waals surface area contributed by atoms with E-state index < -0.39 is 17.2 Å². The summed E-state index contributed by atoms with van der Waals surface area (Å²) in [5.41, 5.74) is 2.32. The van der Waals surface area contributed by atoms with Gasteiger partial charge in [-0.1, -0.05) is 12.1 Å². The fourth-order valence-electron chi connectivity index (χ4n) is 4.73. The Morgan fingerprint density at radius 3 is 2.69 bits per heavy atom. The lowest BCUT2D eigenvalue weighted by Gasteiger charge is -2.35. The molecule has 0 radical (unpaired) electrons. The SMILES string of the molecule is COC(=O)c1cn(C2CC2)c2cc(N3CCN(C=Nc4nc5ccccc5[nH]4)CC3)c(F)cc2c1=O. The van der Waals surface area contributed by atoms with E-state index in [0.29, 0.717) is 43.3 Å². The highest BCUT2D eigenvalue weighted by molar-refractivity contribution is 5.94. The molecule has 10 heteroatoms. The van der Waals surface area contributed by atoms with Gasteiger partial charge in [0.25, 0.3) is 0 Å². The van der Waals surface area contributed by atoms with E-state index in [-0.39, 0.29) is 17.0 Å². The van der Waals surface area contributed by atoms with Crippen LogP contribution in [0.5, 0.6) is 0 Å². The molecule has 36 heavy (non-hydrogen) atoms. The van der Waals surface area contributed by atoms with Crippen LogP contribution >= 0.6 is 0 Å². The molecular weight excluding hydrogens is 463 g/mol. The number of anilines is 1. The topological polar surface area (TPSA) is 95.8 Å². The van der Waals surface area contributed by atoms with Crippen LogP contribution in [0.3, 0.4) is 0 Å². The van der Waals surface area contributed by atoms with Crippen LogP contribution in [-0.4, -0.2) is 65.0 Å². The lowest BCUT2D eigenvalue weighted by molar-refractivity contribution is 0.0598. The minimum atomic E-state index is -0.707. The van der Waals surface area contributed by atoms with E-state index in [1.165, 1.54) is 13.2 Å². The third-order valence-corrected chi connectivity index (χ3v) is 6.82. The number of piperazine rings is 1. The molecule has 1 aliphatic carbocycles. The lowest BCUT2D eigenvalue weighted by atomic mass is 10.1. The summed E-state index contributed by atoms with van der Waals surface area (Å²) in [6.07, 6.45) is 5.23. The molecular formula is C26H25FN6O3. The second kappa shape index (κ2) is 8.78. The van der Waals surface area contributed by atoms with Gasteiger partial charge in [0.05, 0.1) is 35.7 Å². The Labute approximate surface area is 205 Å². The zero-order valence-electron chi connectivity index (χ0n) is 19.8. The molecule has 4 aromatic rings.